The average molecular weight is 534 g/mol. The van der Waals surface area contributed by atoms with Gasteiger partial charge in [0.15, 0.2) is 5.82 Å². The van der Waals surface area contributed by atoms with Crippen molar-refractivity contribution in [1.82, 2.24) is 9.97 Å². The molecule has 1 aliphatic heterocycles. The Morgan fingerprint density at radius 2 is 1.77 bits per heavy atom. The minimum absolute atomic E-state index is 0. The van der Waals surface area contributed by atoms with Crippen molar-refractivity contribution in [3.05, 3.63) is 112 Å². The predicted molar refractivity (Wildman–Crippen MR) is 138 cm³/mol. The Morgan fingerprint density at radius 3 is 2.43 bits per heavy atom. The molecule has 0 atom stereocenters. The molecule has 0 aliphatic carbocycles. The van der Waals surface area contributed by atoms with E-state index in [-0.39, 0.29) is 32.7 Å². The van der Waals surface area contributed by atoms with E-state index in [9.17, 15) is 0 Å². The van der Waals surface area contributed by atoms with Crippen molar-refractivity contribution in [2.75, 3.05) is 6.54 Å². The second-order valence-electron chi connectivity index (χ2n) is 8.23. The Hall–Kier alpha value is -2.91. The topological polar surface area (TPSA) is 87.5 Å². The maximum atomic E-state index is 8.99. The first-order valence-electron chi connectivity index (χ1n) is 11.5. The first-order chi connectivity index (χ1) is 16.6. The van der Waals surface area contributed by atoms with Gasteiger partial charge < -0.3 is 11.1 Å². The molecule has 3 aromatic carbocycles. The molecule has 1 radical (unpaired) electrons. The maximum absolute atomic E-state index is 8.99. The Labute approximate surface area is 232 Å². The third-order valence-electron chi connectivity index (χ3n) is 5.88. The quantitative estimate of drug-likeness (QED) is 0.275. The fourth-order valence-electron chi connectivity index (χ4n) is 3.95. The molecule has 1 aliphatic rings. The third kappa shape index (κ3) is 6.61. The number of hydrogen-bond donors (Lipinski definition) is 0. The van der Waals surface area contributed by atoms with Gasteiger partial charge >= 0.3 is 0 Å². The molecule has 0 saturated heterocycles. The molecule has 5 nitrogen and oxygen atoms in total. The molecule has 0 bridgehead atoms. The molecule has 0 fully saturated rings. The van der Waals surface area contributed by atoms with Gasteiger partial charge in [-0.3, -0.25) is 0 Å². The van der Waals surface area contributed by atoms with E-state index in [4.69, 9.17) is 21.0 Å². The summed E-state index contributed by atoms with van der Waals surface area (Å²) in [5.41, 5.74) is 16.2. The van der Waals surface area contributed by atoms with E-state index >= 15 is 0 Å². The first kappa shape index (κ1) is 26.7. The summed E-state index contributed by atoms with van der Waals surface area (Å²) in [6.07, 6.45) is 1.87. The van der Waals surface area contributed by atoms with Crippen LogP contribution in [0.3, 0.4) is 0 Å². The number of fused-ring (bicyclic) bond motifs is 1. The Bertz CT molecular complexity index is 1330. The van der Waals surface area contributed by atoms with Crippen LogP contribution in [0.5, 0.6) is 0 Å². The molecule has 1 aromatic heterocycles. The molecule has 2 heterocycles. The van der Waals surface area contributed by atoms with Gasteiger partial charge in [0, 0.05) is 49.5 Å². The first-order valence-corrected chi connectivity index (χ1v) is 11.5. The second kappa shape index (κ2) is 12.7. The number of nitrogens with zero attached hydrogens (tertiary/aromatic N) is 4. The molecule has 0 saturated carbocycles. The van der Waals surface area contributed by atoms with Gasteiger partial charge in [0.1, 0.15) is 0 Å². The summed E-state index contributed by atoms with van der Waals surface area (Å²) < 4.78 is 0. The van der Waals surface area contributed by atoms with E-state index in [1.54, 1.807) is 18.2 Å². The molecule has 0 amide bonds. The van der Waals surface area contributed by atoms with Gasteiger partial charge in [-0.05, 0) is 60.7 Å². The zero-order chi connectivity index (χ0) is 23.9. The monoisotopic (exact) mass is 534 g/mol. The SMILES string of the molecule is CCc1cccc([NH-])c1.Cc1ccccc1-c1nc(-c2ccc(C#N)cc2)nc2c1C[N-]CC2.[Y]. The molecule has 0 spiro atoms. The number of hydrogen-bond acceptors (Lipinski definition) is 3. The van der Waals surface area contributed by atoms with E-state index in [0.29, 0.717) is 23.6 Å². The normalized spacial score (nSPS) is 11.8. The van der Waals surface area contributed by atoms with Crippen LogP contribution >= 0.6 is 0 Å². The summed E-state index contributed by atoms with van der Waals surface area (Å²) in [6.45, 7) is 5.68. The second-order valence-corrected chi connectivity index (χ2v) is 8.23. The van der Waals surface area contributed by atoms with E-state index < -0.39 is 0 Å². The van der Waals surface area contributed by atoms with Crippen molar-refractivity contribution in [1.29, 1.82) is 5.26 Å². The molecule has 4 aromatic rings. The van der Waals surface area contributed by atoms with Crippen molar-refractivity contribution < 1.29 is 32.7 Å². The van der Waals surface area contributed by atoms with E-state index in [0.717, 1.165) is 47.5 Å². The van der Waals surface area contributed by atoms with Crippen LogP contribution in [-0.2, 0) is 52.1 Å². The van der Waals surface area contributed by atoms with E-state index in [1.807, 2.05) is 42.5 Å². The van der Waals surface area contributed by atoms with Crippen molar-refractivity contribution in [3.63, 3.8) is 0 Å². The fourth-order valence-corrected chi connectivity index (χ4v) is 3.95. The molecule has 173 valence electrons. The third-order valence-corrected chi connectivity index (χ3v) is 5.88. The van der Waals surface area contributed by atoms with Gasteiger partial charge in [-0.15, -0.1) is 18.8 Å². The van der Waals surface area contributed by atoms with Gasteiger partial charge in [0.2, 0.25) is 0 Å². The molecule has 0 unspecified atom stereocenters. The average Bonchev–Trinajstić information content (AvgIpc) is 2.89. The van der Waals surface area contributed by atoms with Gasteiger partial charge in [-0.1, -0.05) is 55.5 Å². The standard InChI is InChI=1S/C21H17N4.C8H10N.Y/c1-14-4-2-3-5-17(14)20-18-13-23-11-10-19(18)24-21(25-20)16-8-6-15(12-22)7-9-16;1-2-7-4-3-5-8(9)6-7;/h2-9H,10-11,13H2,1H3;3-6,9H,2H2,1H3;/q2*-1;. The number of rotatable bonds is 3. The number of benzene rings is 3. The Balaban J connectivity index is 0.000000291. The molecule has 5 rings (SSSR count). The van der Waals surface area contributed by atoms with E-state index in [1.165, 1.54) is 11.1 Å². The van der Waals surface area contributed by atoms with E-state index in [2.05, 4.69) is 37.4 Å². The van der Waals surface area contributed by atoms with Crippen molar-refractivity contribution in [2.24, 2.45) is 0 Å². The van der Waals surface area contributed by atoms with Crippen LogP contribution in [0.25, 0.3) is 33.7 Å². The van der Waals surface area contributed by atoms with Crippen molar-refractivity contribution in [2.45, 2.75) is 33.2 Å². The smallest absolute Gasteiger partial charge is 0.160 e. The molecule has 35 heavy (non-hydrogen) atoms. The van der Waals surface area contributed by atoms with Crippen molar-refractivity contribution in [3.8, 4) is 28.7 Å². The number of nitriles is 1. The van der Waals surface area contributed by atoms with Crippen molar-refractivity contribution >= 4 is 5.69 Å². The largest absolute Gasteiger partial charge is 0.699 e. The van der Waals surface area contributed by atoms with Crippen LogP contribution in [0.1, 0.15) is 34.9 Å². The zero-order valence-corrected chi connectivity index (χ0v) is 23.0. The minimum Gasteiger partial charge on any atom is -0.699 e. The van der Waals surface area contributed by atoms with Crippen LogP contribution in [0, 0.1) is 18.3 Å². The van der Waals surface area contributed by atoms with Crippen LogP contribution in [-0.4, -0.2) is 16.5 Å². The van der Waals surface area contributed by atoms with Crippen LogP contribution in [0.15, 0.2) is 72.8 Å². The minimum atomic E-state index is 0. The number of aromatic nitrogens is 2. The summed E-state index contributed by atoms with van der Waals surface area (Å²) >= 11 is 0. The summed E-state index contributed by atoms with van der Waals surface area (Å²) in [7, 11) is 0. The molecular weight excluding hydrogens is 507 g/mol. The van der Waals surface area contributed by atoms with Gasteiger partial charge in [-0.2, -0.15) is 5.26 Å². The summed E-state index contributed by atoms with van der Waals surface area (Å²) in [5.74, 6) is 0.711. The van der Waals surface area contributed by atoms with Crippen LogP contribution < -0.4 is 0 Å². The molecule has 1 N–H and O–H groups in total. The number of nitrogens with one attached hydrogen (secondary N) is 1. The Morgan fingerprint density at radius 1 is 1.00 bits per heavy atom. The van der Waals surface area contributed by atoms with Crippen LogP contribution in [0.2, 0.25) is 0 Å². The van der Waals surface area contributed by atoms with Gasteiger partial charge in [0.25, 0.3) is 0 Å². The Kier molecular flexibility index (Phi) is 9.68. The molecular formula is C29H27N5Y-2. The number of aryl methyl sites for hydroxylation is 2. The fraction of sp³-hybridized carbons (Fsp3) is 0.207. The predicted octanol–water partition coefficient (Wildman–Crippen LogP) is 7.35. The summed E-state index contributed by atoms with van der Waals surface area (Å²) in [5, 5.41) is 13.5. The zero-order valence-electron chi connectivity index (χ0n) is 20.1. The summed E-state index contributed by atoms with van der Waals surface area (Å²) in [4.78, 5) is 9.69. The van der Waals surface area contributed by atoms with Gasteiger partial charge in [-0.25, -0.2) is 9.97 Å². The maximum Gasteiger partial charge on any atom is 0.160 e. The summed E-state index contributed by atoms with van der Waals surface area (Å²) in [6, 6.07) is 25.5. The van der Waals surface area contributed by atoms with Gasteiger partial charge in [0.05, 0.1) is 17.3 Å². The van der Waals surface area contributed by atoms with Crippen LogP contribution in [0.4, 0.5) is 5.69 Å². The molecule has 6 heteroatoms.